The van der Waals surface area contributed by atoms with E-state index in [4.69, 9.17) is 0 Å². The summed E-state index contributed by atoms with van der Waals surface area (Å²) in [5.74, 6) is 0. The highest BCUT2D eigenvalue weighted by Gasteiger charge is 1.92. The Morgan fingerprint density at radius 3 is 2.67 bits per heavy atom. The minimum Gasteiger partial charge on any atom is -0.306 e. The van der Waals surface area contributed by atoms with Crippen molar-refractivity contribution in [3.8, 4) is 0 Å². The first-order valence-corrected chi connectivity index (χ1v) is 3.73. The number of hydrogen-bond acceptors (Lipinski definition) is 1. The molecule has 64 valence electrons. The molecule has 1 aromatic rings. The molecule has 12 heavy (non-hydrogen) atoms. The van der Waals surface area contributed by atoms with E-state index >= 15 is 0 Å². The highest BCUT2D eigenvalue weighted by Crippen LogP contribution is 1.68. The van der Waals surface area contributed by atoms with Crippen molar-refractivity contribution in [1.82, 2.24) is 9.55 Å². The summed E-state index contributed by atoms with van der Waals surface area (Å²) < 4.78 is 1.53. The van der Waals surface area contributed by atoms with Gasteiger partial charge in [-0.3, -0.25) is 4.57 Å². The first kappa shape index (κ1) is 8.59. The van der Waals surface area contributed by atoms with E-state index in [1.165, 1.54) is 4.57 Å². The highest BCUT2D eigenvalue weighted by molar-refractivity contribution is 5.34. The predicted molar refractivity (Wildman–Crippen MR) is 50.1 cm³/mol. The minimum absolute atomic E-state index is 0.129. The molecule has 1 N–H and O–H groups in total. The molecular formula is C9H12N2O. The zero-order valence-electron chi connectivity index (χ0n) is 7.29. The summed E-state index contributed by atoms with van der Waals surface area (Å²) in [7, 11) is 1.71. The number of nitrogens with zero attached hydrogens (tertiary/aromatic N) is 1. The third kappa shape index (κ3) is 1.39. The van der Waals surface area contributed by atoms with E-state index in [0.29, 0.717) is 5.35 Å². The highest BCUT2D eigenvalue weighted by atomic mass is 16.1. The standard InChI is InChI=1S/C9H12N2O/c1-4-5-6-8-7(2)10-9(12)11(8)3/h4-6H,2H2,1,3H3,(H,10,12)/b5-4-,8-6+. The zero-order chi connectivity index (χ0) is 9.14. The molecule has 1 aromatic heterocycles. The van der Waals surface area contributed by atoms with Crippen molar-refractivity contribution < 1.29 is 0 Å². The molecule has 3 nitrogen and oxygen atoms in total. The second-order valence-electron chi connectivity index (χ2n) is 2.55. The first-order chi connectivity index (χ1) is 5.66. The van der Waals surface area contributed by atoms with Gasteiger partial charge in [0.05, 0.1) is 10.7 Å². The van der Waals surface area contributed by atoms with Crippen LogP contribution in [-0.4, -0.2) is 9.55 Å². The number of hydrogen-bond donors (Lipinski definition) is 1. The molecule has 1 heterocycles. The van der Waals surface area contributed by atoms with Gasteiger partial charge in [-0.2, -0.15) is 0 Å². The average Bonchev–Trinajstić information content (AvgIpc) is 2.25. The number of rotatable bonds is 1. The van der Waals surface area contributed by atoms with Crippen molar-refractivity contribution in [1.29, 1.82) is 0 Å². The van der Waals surface area contributed by atoms with Gasteiger partial charge in [0.2, 0.25) is 0 Å². The van der Waals surface area contributed by atoms with Crippen molar-refractivity contribution in [2.24, 2.45) is 7.05 Å². The smallest absolute Gasteiger partial charge is 0.306 e. The van der Waals surface area contributed by atoms with Gasteiger partial charge < -0.3 is 4.98 Å². The Balaban J connectivity index is 3.53. The SMILES string of the molecule is C=c1[nH]c(=O)n(C)/c1=C/C=C\C. The van der Waals surface area contributed by atoms with Crippen molar-refractivity contribution >= 4 is 12.7 Å². The number of imidazole rings is 1. The molecule has 0 aromatic carbocycles. The molecule has 0 atom stereocenters. The fourth-order valence-electron chi connectivity index (χ4n) is 0.989. The minimum atomic E-state index is -0.129. The van der Waals surface area contributed by atoms with E-state index in [-0.39, 0.29) is 5.69 Å². The molecule has 0 bridgehead atoms. The molecule has 0 radical (unpaired) electrons. The van der Waals surface area contributed by atoms with E-state index < -0.39 is 0 Å². The summed E-state index contributed by atoms with van der Waals surface area (Å²) >= 11 is 0. The normalized spacial score (nSPS) is 13.0. The zero-order valence-corrected chi connectivity index (χ0v) is 7.29. The maximum atomic E-state index is 11.0. The van der Waals surface area contributed by atoms with Crippen molar-refractivity contribution in [2.45, 2.75) is 6.92 Å². The lowest BCUT2D eigenvalue weighted by molar-refractivity contribution is 0.836. The van der Waals surface area contributed by atoms with Crippen molar-refractivity contribution in [3.63, 3.8) is 0 Å². The fourth-order valence-corrected chi connectivity index (χ4v) is 0.989. The van der Waals surface area contributed by atoms with E-state index in [9.17, 15) is 4.79 Å². The van der Waals surface area contributed by atoms with Gasteiger partial charge in [0.25, 0.3) is 0 Å². The summed E-state index contributed by atoms with van der Waals surface area (Å²) in [6.07, 6.45) is 5.62. The van der Waals surface area contributed by atoms with Gasteiger partial charge in [-0.25, -0.2) is 4.79 Å². The number of allylic oxidation sites excluding steroid dienone is 2. The van der Waals surface area contributed by atoms with Crippen LogP contribution in [0.4, 0.5) is 0 Å². The van der Waals surface area contributed by atoms with E-state index in [2.05, 4.69) is 11.6 Å². The first-order valence-electron chi connectivity index (χ1n) is 3.73. The second kappa shape index (κ2) is 3.26. The summed E-state index contributed by atoms with van der Waals surface area (Å²) in [6, 6.07) is 0. The maximum Gasteiger partial charge on any atom is 0.326 e. The second-order valence-corrected chi connectivity index (χ2v) is 2.55. The molecule has 0 unspecified atom stereocenters. The lowest BCUT2D eigenvalue weighted by Gasteiger charge is -1.84. The average molecular weight is 164 g/mol. The molecule has 0 spiro atoms. The lowest BCUT2D eigenvalue weighted by atomic mass is 10.4. The van der Waals surface area contributed by atoms with Crippen LogP contribution < -0.4 is 16.4 Å². The van der Waals surface area contributed by atoms with Gasteiger partial charge in [-0.1, -0.05) is 18.7 Å². The van der Waals surface area contributed by atoms with Crippen LogP contribution in [0.2, 0.25) is 0 Å². The molecule has 0 aliphatic heterocycles. The third-order valence-corrected chi connectivity index (χ3v) is 1.68. The third-order valence-electron chi connectivity index (χ3n) is 1.68. The Morgan fingerprint density at radius 2 is 2.25 bits per heavy atom. The van der Waals surface area contributed by atoms with Gasteiger partial charge >= 0.3 is 5.69 Å². The molecule has 0 saturated carbocycles. The van der Waals surface area contributed by atoms with Crippen LogP contribution in [0.5, 0.6) is 0 Å². The Kier molecular flexibility index (Phi) is 2.33. The van der Waals surface area contributed by atoms with Crippen molar-refractivity contribution in [2.75, 3.05) is 0 Å². The largest absolute Gasteiger partial charge is 0.326 e. The van der Waals surface area contributed by atoms with Crippen LogP contribution in [0, 0.1) is 0 Å². The lowest BCUT2D eigenvalue weighted by Crippen LogP contribution is -2.28. The number of aromatic nitrogens is 2. The van der Waals surface area contributed by atoms with E-state index in [1.54, 1.807) is 7.05 Å². The summed E-state index contributed by atoms with van der Waals surface area (Å²) in [5, 5.41) is 1.47. The monoisotopic (exact) mass is 164 g/mol. The molecular weight excluding hydrogens is 152 g/mol. The maximum absolute atomic E-state index is 11.0. The predicted octanol–water partition coefficient (Wildman–Crippen LogP) is -0.520. The van der Waals surface area contributed by atoms with Gasteiger partial charge in [0.1, 0.15) is 0 Å². The molecule has 0 amide bonds. The Labute approximate surface area is 70.4 Å². The van der Waals surface area contributed by atoms with Crippen molar-refractivity contribution in [3.05, 3.63) is 33.3 Å². The van der Waals surface area contributed by atoms with Gasteiger partial charge in [-0.05, 0) is 13.0 Å². The van der Waals surface area contributed by atoms with Crippen LogP contribution in [0.3, 0.4) is 0 Å². The summed E-state index contributed by atoms with van der Waals surface area (Å²) in [6.45, 7) is 5.63. The Hall–Kier alpha value is -1.51. The topological polar surface area (TPSA) is 37.8 Å². The van der Waals surface area contributed by atoms with E-state index in [0.717, 1.165) is 5.35 Å². The molecule has 0 saturated heterocycles. The van der Waals surface area contributed by atoms with Gasteiger partial charge in [-0.15, -0.1) is 0 Å². The summed E-state index contributed by atoms with van der Waals surface area (Å²) in [5.41, 5.74) is -0.129. The molecule has 1 rings (SSSR count). The molecule has 3 heteroatoms. The van der Waals surface area contributed by atoms with E-state index in [1.807, 2.05) is 25.2 Å². The van der Waals surface area contributed by atoms with Crippen LogP contribution >= 0.6 is 0 Å². The summed E-state index contributed by atoms with van der Waals surface area (Å²) in [4.78, 5) is 13.7. The quantitative estimate of drug-likeness (QED) is 0.596. The van der Waals surface area contributed by atoms with Gasteiger partial charge in [0.15, 0.2) is 0 Å². The van der Waals surface area contributed by atoms with Crippen LogP contribution in [0.1, 0.15) is 6.92 Å². The van der Waals surface area contributed by atoms with Crippen LogP contribution in [0.25, 0.3) is 12.7 Å². The Bertz CT molecular complexity index is 448. The molecule has 0 fully saturated rings. The van der Waals surface area contributed by atoms with Gasteiger partial charge in [0, 0.05) is 7.05 Å². The number of H-pyrrole nitrogens is 1. The molecule has 0 aliphatic rings. The molecule has 0 aliphatic carbocycles. The fraction of sp³-hybridized carbons (Fsp3) is 0.222. The number of aromatic amines is 1. The van der Waals surface area contributed by atoms with Crippen LogP contribution in [-0.2, 0) is 7.05 Å². The van der Waals surface area contributed by atoms with Crippen LogP contribution in [0.15, 0.2) is 16.9 Å². The number of nitrogens with one attached hydrogen (secondary N) is 1. The Morgan fingerprint density at radius 1 is 1.58 bits per heavy atom.